The summed E-state index contributed by atoms with van der Waals surface area (Å²) in [6.45, 7) is 12.8. The van der Waals surface area contributed by atoms with Crippen LogP contribution >= 0.6 is 23.5 Å². The summed E-state index contributed by atoms with van der Waals surface area (Å²) in [6.07, 6.45) is -0.176. The van der Waals surface area contributed by atoms with Crippen LogP contribution in [0.3, 0.4) is 0 Å². The second-order valence-electron chi connectivity index (χ2n) is 12.7. The molecule has 8 nitrogen and oxygen atoms in total. The zero-order valence-electron chi connectivity index (χ0n) is 26.2. The number of hydrogen-bond donors (Lipinski definition) is 1. The molecule has 0 unspecified atom stereocenters. The largest absolute Gasteiger partial charge is 0.467 e. The first-order valence-electron chi connectivity index (χ1n) is 15.0. The molecule has 4 rings (SSSR count). The Morgan fingerprint density at radius 2 is 1.70 bits per heavy atom. The van der Waals surface area contributed by atoms with E-state index < -0.39 is 32.4 Å². The van der Waals surface area contributed by atoms with Gasteiger partial charge in [-0.15, -0.1) is 23.5 Å². The van der Waals surface area contributed by atoms with Crippen molar-refractivity contribution in [3.8, 4) is 0 Å². The van der Waals surface area contributed by atoms with Crippen LogP contribution in [0.25, 0.3) is 10.8 Å². The summed E-state index contributed by atoms with van der Waals surface area (Å²) in [5.74, 6) is 0.244. The van der Waals surface area contributed by atoms with E-state index in [0.29, 0.717) is 32.7 Å². The predicted molar refractivity (Wildman–Crippen MR) is 178 cm³/mol. The van der Waals surface area contributed by atoms with Gasteiger partial charge in [-0.1, -0.05) is 63.2 Å². The number of methoxy groups -OCH3 is 1. The molecule has 1 N–H and O–H groups in total. The normalized spacial score (nSPS) is 18.7. The number of nitrogens with one attached hydrogen (secondary N) is 1. The van der Waals surface area contributed by atoms with Crippen LogP contribution in [0.2, 0.25) is 18.1 Å². The maximum absolute atomic E-state index is 14.2. The number of morpholine rings is 1. The lowest BCUT2D eigenvalue weighted by Gasteiger charge is -2.42. The fourth-order valence-corrected chi connectivity index (χ4v) is 9.69. The number of esters is 1. The first-order chi connectivity index (χ1) is 20.4. The summed E-state index contributed by atoms with van der Waals surface area (Å²) >= 11 is 3.51. The fraction of sp³-hybridized carbons (Fsp3) is 0.594. The van der Waals surface area contributed by atoms with Crippen molar-refractivity contribution in [1.29, 1.82) is 0 Å². The topological polar surface area (TPSA) is 94.2 Å². The van der Waals surface area contributed by atoms with Gasteiger partial charge < -0.3 is 24.1 Å². The molecule has 43 heavy (non-hydrogen) atoms. The highest BCUT2D eigenvalue weighted by Gasteiger charge is 2.47. The Kier molecular flexibility index (Phi) is 11.7. The number of amides is 2. The number of fused-ring (bicyclic) bond motifs is 1. The molecular weight excluding hydrogens is 601 g/mol. The summed E-state index contributed by atoms with van der Waals surface area (Å²) in [5, 5.41) is 5.08. The molecular formula is C32H46N2O6S2Si. The number of rotatable bonds is 11. The smallest absolute Gasteiger partial charge is 0.331 e. The number of ether oxygens (including phenoxy) is 2. The Hall–Kier alpha value is -2.05. The summed E-state index contributed by atoms with van der Waals surface area (Å²) in [5.41, 5.74) is 0.985. The van der Waals surface area contributed by atoms with Crippen molar-refractivity contribution in [2.75, 3.05) is 44.9 Å². The van der Waals surface area contributed by atoms with Gasteiger partial charge in [-0.3, -0.25) is 9.59 Å². The van der Waals surface area contributed by atoms with E-state index in [1.54, 1.807) is 28.4 Å². The van der Waals surface area contributed by atoms with E-state index in [0.717, 1.165) is 27.8 Å². The lowest BCUT2D eigenvalue weighted by molar-refractivity contribution is -0.148. The van der Waals surface area contributed by atoms with Crippen molar-refractivity contribution in [1.82, 2.24) is 10.2 Å². The molecule has 2 aliphatic rings. The third kappa shape index (κ3) is 8.57. The van der Waals surface area contributed by atoms with E-state index in [9.17, 15) is 14.4 Å². The number of thioether (sulfide) groups is 2. The Morgan fingerprint density at radius 1 is 1.05 bits per heavy atom. The quantitative estimate of drug-likeness (QED) is 0.266. The lowest BCUT2D eigenvalue weighted by atomic mass is 9.91. The van der Waals surface area contributed by atoms with Crippen LogP contribution in [-0.4, -0.2) is 92.6 Å². The van der Waals surface area contributed by atoms with Gasteiger partial charge in [-0.2, -0.15) is 0 Å². The minimum absolute atomic E-state index is 0.0231. The van der Waals surface area contributed by atoms with Crippen molar-refractivity contribution in [2.45, 2.75) is 68.5 Å². The van der Waals surface area contributed by atoms with E-state index in [1.807, 2.05) is 42.5 Å². The van der Waals surface area contributed by atoms with Crippen LogP contribution < -0.4 is 5.32 Å². The van der Waals surface area contributed by atoms with E-state index in [4.69, 9.17) is 13.9 Å². The molecule has 2 aromatic carbocycles. The maximum Gasteiger partial charge on any atom is 0.331 e. The summed E-state index contributed by atoms with van der Waals surface area (Å²) in [6, 6.07) is 13.1. The average Bonchev–Trinajstić information content (AvgIpc) is 3.53. The van der Waals surface area contributed by atoms with Gasteiger partial charge in [0.1, 0.15) is 0 Å². The zero-order valence-corrected chi connectivity index (χ0v) is 28.9. The van der Waals surface area contributed by atoms with Crippen LogP contribution in [0.5, 0.6) is 0 Å². The van der Waals surface area contributed by atoms with Gasteiger partial charge in [0, 0.05) is 31.0 Å². The molecule has 236 valence electrons. The third-order valence-electron chi connectivity index (χ3n) is 8.74. The molecule has 0 bridgehead atoms. The highest BCUT2D eigenvalue weighted by Crippen LogP contribution is 2.43. The molecule has 2 aromatic rings. The minimum atomic E-state index is -2.33. The van der Waals surface area contributed by atoms with Gasteiger partial charge in [0.25, 0.3) is 0 Å². The Bertz CT molecular complexity index is 1270. The second kappa shape index (κ2) is 14.8. The highest BCUT2D eigenvalue weighted by atomic mass is 32.2. The molecule has 0 radical (unpaired) electrons. The first kappa shape index (κ1) is 33.8. The Labute approximate surface area is 265 Å². The van der Waals surface area contributed by atoms with Crippen LogP contribution in [0, 0.1) is 5.92 Å². The van der Waals surface area contributed by atoms with E-state index in [2.05, 4.69) is 39.2 Å². The van der Waals surface area contributed by atoms with E-state index in [-0.39, 0.29) is 27.9 Å². The fourth-order valence-electron chi connectivity index (χ4n) is 5.18. The van der Waals surface area contributed by atoms with Gasteiger partial charge >= 0.3 is 5.97 Å². The first-order valence-corrected chi connectivity index (χ1v) is 20.0. The standard InChI is InChI=1S/C32H46N2O6S2Si/c1-32(2,3)43(5,6)40-28(31-41-18-19-42-31)27(30(37)38-4)33-29(36)24(21-26(35)34-14-16-39-17-15-34)20-23-12-9-11-22-10-7-8-13-25(22)23/h7-13,24,27-28,31H,14-21H2,1-6H3,(H,33,36)/t24-,27+,28-/m0/s1. The van der Waals surface area contributed by atoms with Gasteiger partial charge in [-0.25, -0.2) is 4.79 Å². The molecule has 0 aromatic heterocycles. The number of benzene rings is 2. The minimum Gasteiger partial charge on any atom is -0.467 e. The zero-order chi connectivity index (χ0) is 31.2. The molecule has 2 fully saturated rings. The van der Waals surface area contributed by atoms with Crippen molar-refractivity contribution in [3.05, 3.63) is 48.0 Å². The average molecular weight is 647 g/mol. The van der Waals surface area contributed by atoms with Gasteiger partial charge in [0.05, 0.1) is 36.9 Å². The lowest BCUT2D eigenvalue weighted by Crippen LogP contribution is -2.58. The summed E-state index contributed by atoms with van der Waals surface area (Å²) < 4.78 is 17.6. The molecule has 2 amide bonds. The molecule has 2 heterocycles. The predicted octanol–water partition coefficient (Wildman–Crippen LogP) is 5.10. The number of carbonyl (C=O) groups is 3. The molecule has 11 heteroatoms. The maximum atomic E-state index is 14.2. The van der Waals surface area contributed by atoms with Crippen molar-refractivity contribution < 1.29 is 28.3 Å². The summed E-state index contributed by atoms with van der Waals surface area (Å²) in [4.78, 5) is 42.9. The Morgan fingerprint density at radius 3 is 2.35 bits per heavy atom. The van der Waals surface area contributed by atoms with Crippen LogP contribution in [0.15, 0.2) is 42.5 Å². The second-order valence-corrected chi connectivity index (χ2v) is 20.3. The van der Waals surface area contributed by atoms with Gasteiger partial charge in [-0.05, 0) is 40.9 Å². The molecule has 0 aliphatic carbocycles. The molecule has 0 spiro atoms. The van der Waals surface area contributed by atoms with E-state index >= 15 is 0 Å². The van der Waals surface area contributed by atoms with Crippen LogP contribution in [0.1, 0.15) is 32.8 Å². The highest BCUT2D eigenvalue weighted by molar-refractivity contribution is 8.20. The van der Waals surface area contributed by atoms with E-state index in [1.165, 1.54) is 7.11 Å². The SMILES string of the molecule is COC(=O)[C@H](NC(=O)[C@H](CC(=O)N1CCOCC1)Cc1cccc2ccccc12)[C@H](O[Si](C)(C)C(C)(C)C)C1SCCS1. The molecule has 0 saturated carbocycles. The number of nitrogens with zero attached hydrogens (tertiary/aromatic N) is 1. The van der Waals surface area contributed by atoms with Crippen molar-refractivity contribution >= 4 is 60.4 Å². The molecule has 2 aliphatic heterocycles. The number of carbonyl (C=O) groups excluding carboxylic acids is 3. The summed E-state index contributed by atoms with van der Waals surface area (Å²) in [7, 11) is -0.991. The van der Waals surface area contributed by atoms with Crippen molar-refractivity contribution in [2.24, 2.45) is 5.92 Å². The monoisotopic (exact) mass is 646 g/mol. The van der Waals surface area contributed by atoms with Gasteiger partial charge in [0.2, 0.25) is 11.8 Å². The van der Waals surface area contributed by atoms with Gasteiger partial charge in [0.15, 0.2) is 14.4 Å². The molecule has 2 saturated heterocycles. The van der Waals surface area contributed by atoms with Crippen LogP contribution in [0.4, 0.5) is 0 Å². The van der Waals surface area contributed by atoms with Crippen LogP contribution in [-0.2, 0) is 34.7 Å². The molecule has 3 atom stereocenters. The Balaban J connectivity index is 1.65. The number of hydrogen-bond acceptors (Lipinski definition) is 8. The van der Waals surface area contributed by atoms with Crippen molar-refractivity contribution in [3.63, 3.8) is 0 Å². The third-order valence-corrected chi connectivity index (χ3v) is 16.4.